The Morgan fingerprint density at radius 2 is 0.944 bits per heavy atom. The molecule has 3 N–H and O–H groups in total. The van der Waals surface area contributed by atoms with Crippen molar-refractivity contribution in [3.05, 3.63) is 0 Å². The van der Waals surface area contributed by atoms with E-state index in [4.69, 9.17) is 31.1 Å². The summed E-state index contributed by atoms with van der Waals surface area (Å²) >= 11 is 0. The highest BCUT2D eigenvalue weighted by Gasteiger charge is 1.93. The average Bonchev–Trinajstić information content (AvgIpc) is 2.46. The molecule has 0 atom stereocenters. The lowest BCUT2D eigenvalue weighted by molar-refractivity contribution is 0.0450. The summed E-state index contributed by atoms with van der Waals surface area (Å²) in [6.07, 6.45) is 0.921. The minimum absolute atomic E-state index is 0.365. The first-order valence-electron chi connectivity index (χ1n) is 5.56. The molecule has 104 valence electrons. The van der Waals surface area contributed by atoms with Gasteiger partial charge in [-0.25, -0.2) is 0 Å². The molecule has 18 heavy (non-hydrogen) atoms. The van der Waals surface area contributed by atoms with Crippen LogP contribution in [0.25, 0.3) is 0 Å². The molecule has 0 saturated heterocycles. The quantitative estimate of drug-likeness (QED) is 0.678. The lowest BCUT2D eigenvalue weighted by Gasteiger charge is -1.96. The van der Waals surface area contributed by atoms with Gasteiger partial charge >= 0.3 is 0 Å². The first-order valence-corrected chi connectivity index (χ1v) is 5.56. The Bertz CT molecular complexity index is 201. The summed E-state index contributed by atoms with van der Waals surface area (Å²) in [6.45, 7) is 4.73. The van der Waals surface area contributed by atoms with E-state index in [1.807, 2.05) is 39.0 Å². The van der Waals surface area contributed by atoms with Crippen LogP contribution in [0.2, 0.25) is 0 Å². The van der Waals surface area contributed by atoms with Gasteiger partial charge in [-0.05, 0) is 0 Å². The maximum Gasteiger partial charge on any atom is 0.100 e. The minimum atomic E-state index is -0.954. The second-order valence-corrected chi connectivity index (χ2v) is 2.55. The third-order valence-corrected chi connectivity index (χ3v) is 0.896. The maximum atomic E-state index is 8.17. The zero-order chi connectivity index (χ0) is 15.2. The normalized spacial score (nSPS) is 6.67. The van der Waals surface area contributed by atoms with Crippen LogP contribution in [0.1, 0.15) is 40.0 Å². The van der Waals surface area contributed by atoms with Crippen LogP contribution in [-0.4, -0.2) is 34.6 Å². The summed E-state index contributed by atoms with van der Waals surface area (Å²) in [7, 11) is 0. The van der Waals surface area contributed by atoms with E-state index >= 15 is 0 Å². The number of hydrogen-bond donors (Lipinski definition) is 3. The molecular weight excluding hydrogens is 234 g/mol. The Labute approximate surface area is 109 Å². The van der Waals surface area contributed by atoms with E-state index in [1.54, 1.807) is 0 Å². The zero-order valence-electron chi connectivity index (χ0n) is 11.3. The molecule has 0 saturated carbocycles. The predicted octanol–water partition coefficient (Wildman–Crippen LogP) is 1.09. The van der Waals surface area contributed by atoms with E-state index in [9.17, 15) is 0 Å². The summed E-state index contributed by atoms with van der Waals surface area (Å²) in [4.78, 5) is 0. The lowest BCUT2D eigenvalue weighted by atomic mass is 10.4. The van der Waals surface area contributed by atoms with Crippen molar-refractivity contribution in [2.75, 3.05) is 13.2 Å². The first-order chi connectivity index (χ1) is 8.55. The van der Waals surface area contributed by atoms with Gasteiger partial charge in [-0.3, -0.25) is 0 Å². The van der Waals surface area contributed by atoms with Gasteiger partial charge in [0.1, 0.15) is 6.10 Å². The highest BCUT2D eigenvalue weighted by atomic mass is 16.3. The largest absolute Gasteiger partial charge is 0.394 e. The molecule has 0 aromatic carbocycles. The second kappa shape index (κ2) is 36.2. The molecule has 0 spiro atoms. The Morgan fingerprint density at radius 3 is 0.944 bits per heavy atom. The standard InChI is InChI=1S/3C3H5N.C3H8O3/c3*1-2-3-4;4-1-3(6)2-5/h3*2H2,1H3;3-6H,1-2H2. The first kappa shape index (κ1) is 25.3. The van der Waals surface area contributed by atoms with Crippen LogP contribution in [0.5, 0.6) is 0 Å². The van der Waals surface area contributed by atoms with Crippen LogP contribution in [0.4, 0.5) is 0 Å². The van der Waals surface area contributed by atoms with Gasteiger partial charge in [0.15, 0.2) is 0 Å². The molecule has 0 rings (SSSR count). The molecule has 0 bridgehead atoms. The summed E-state index contributed by atoms with van der Waals surface area (Å²) < 4.78 is 0. The van der Waals surface area contributed by atoms with Crippen molar-refractivity contribution < 1.29 is 15.3 Å². The monoisotopic (exact) mass is 257 g/mol. The molecular formula is C12H23N3O3. The van der Waals surface area contributed by atoms with Crippen LogP contribution < -0.4 is 0 Å². The lowest BCUT2D eigenvalue weighted by Crippen LogP contribution is -2.15. The van der Waals surface area contributed by atoms with Crippen LogP contribution >= 0.6 is 0 Å². The molecule has 0 aromatic rings. The summed E-state index contributed by atoms with van der Waals surface area (Å²) in [5, 5.41) is 46.9. The van der Waals surface area contributed by atoms with Crippen molar-refractivity contribution in [2.24, 2.45) is 0 Å². The minimum Gasteiger partial charge on any atom is -0.394 e. The topological polar surface area (TPSA) is 132 Å². The highest BCUT2D eigenvalue weighted by molar-refractivity contribution is 4.62. The SMILES string of the molecule is CCC#N.CCC#N.CCC#N.OCC(O)CO. The predicted molar refractivity (Wildman–Crippen MR) is 67.9 cm³/mol. The van der Waals surface area contributed by atoms with Crippen LogP contribution in [0.3, 0.4) is 0 Å². The number of rotatable bonds is 2. The zero-order valence-corrected chi connectivity index (χ0v) is 11.3. The molecule has 6 nitrogen and oxygen atoms in total. The molecule has 0 aliphatic heterocycles. The Balaban J connectivity index is -0.0000000742. The van der Waals surface area contributed by atoms with Crippen molar-refractivity contribution in [3.63, 3.8) is 0 Å². The van der Waals surface area contributed by atoms with Crippen molar-refractivity contribution in [1.82, 2.24) is 0 Å². The Morgan fingerprint density at radius 1 is 0.778 bits per heavy atom. The molecule has 6 heteroatoms. The van der Waals surface area contributed by atoms with Gasteiger partial charge in [-0.2, -0.15) is 15.8 Å². The van der Waals surface area contributed by atoms with Gasteiger partial charge in [0.05, 0.1) is 31.4 Å². The van der Waals surface area contributed by atoms with Gasteiger partial charge in [-0.15, -0.1) is 0 Å². The van der Waals surface area contributed by atoms with E-state index in [2.05, 4.69) is 0 Å². The Kier molecular flexibility index (Phi) is 50.7. The molecule has 0 radical (unpaired) electrons. The van der Waals surface area contributed by atoms with Crippen molar-refractivity contribution in [2.45, 2.75) is 46.1 Å². The number of aliphatic hydroxyl groups excluding tert-OH is 3. The van der Waals surface area contributed by atoms with Crippen LogP contribution in [-0.2, 0) is 0 Å². The van der Waals surface area contributed by atoms with Gasteiger partial charge in [0.25, 0.3) is 0 Å². The number of aliphatic hydroxyl groups is 3. The van der Waals surface area contributed by atoms with Crippen LogP contribution in [0, 0.1) is 34.0 Å². The fraction of sp³-hybridized carbons (Fsp3) is 0.750. The third kappa shape index (κ3) is 89.4. The summed E-state index contributed by atoms with van der Waals surface area (Å²) in [5.41, 5.74) is 0. The maximum absolute atomic E-state index is 8.17. The van der Waals surface area contributed by atoms with Gasteiger partial charge in [0.2, 0.25) is 0 Å². The molecule has 0 amide bonds. The van der Waals surface area contributed by atoms with Gasteiger partial charge < -0.3 is 15.3 Å². The molecule has 0 aliphatic rings. The van der Waals surface area contributed by atoms with Crippen molar-refractivity contribution in [3.8, 4) is 18.2 Å². The van der Waals surface area contributed by atoms with Crippen LogP contribution in [0.15, 0.2) is 0 Å². The molecule has 0 aromatic heterocycles. The third-order valence-electron chi connectivity index (χ3n) is 0.896. The molecule has 0 unspecified atom stereocenters. The number of nitriles is 3. The van der Waals surface area contributed by atoms with E-state index < -0.39 is 6.10 Å². The summed E-state index contributed by atoms with van der Waals surface area (Å²) in [5.74, 6) is 0. The molecule has 0 aliphatic carbocycles. The van der Waals surface area contributed by atoms with E-state index in [1.165, 1.54) is 0 Å². The number of nitrogens with zero attached hydrogens (tertiary/aromatic N) is 3. The number of hydrogen-bond acceptors (Lipinski definition) is 6. The average molecular weight is 257 g/mol. The molecule has 0 fully saturated rings. The molecule has 0 heterocycles. The smallest absolute Gasteiger partial charge is 0.100 e. The van der Waals surface area contributed by atoms with Crippen molar-refractivity contribution in [1.29, 1.82) is 15.8 Å². The van der Waals surface area contributed by atoms with E-state index in [-0.39, 0.29) is 13.2 Å². The van der Waals surface area contributed by atoms with E-state index in [0.717, 1.165) is 0 Å². The van der Waals surface area contributed by atoms with Gasteiger partial charge in [-0.1, -0.05) is 20.8 Å². The fourth-order valence-electron chi connectivity index (χ4n) is 0.0577. The second-order valence-electron chi connectivity index (χ2n) is 2.55. The van der Waals surface area contributed by atoms with E-state index in [0.29, 0.717) is 19.3 Å². The van der Waals surface area contributed by atoms with Gasteiger partial charge in [0, 0.05) is 19.3 Å². The highest BCUT2D eigenvalue weighted by Crippen LogP contribution is 1.71. The van der Waals surface area contributed by atoms with Crippen molar-refractivity contribution >= 4 is 0 Å². The summed E-state index contributed by atoms with van der Waals surface area (Å²) in [6, 6.07) is 5.79. The Hall–Kier alpha value is -1.65. The fourth-order valence-corrected chi connectivity index (χ4v) is 0.0577.